The van der Waals surface area contributed by atoms with Crippen molar-refractivity contribution in [1.82, 2.24) is 20.0 Å². The quantitative estimate of drug-likeness (QED) is 0.761. The third-order valence-corrected chi connectivity index (χ3v) is 1.92. The van der Waals surface area contributed by atoms with Crippen molar-refractivity contribution in [1.29, 1.82) is 0 Å². The molecule has 2 heterocycles. The topological polar surface area (TPSA) is 82.8 Å². The number of hydrogen-bond acceptors (Lipinski definition) is 5. The minimum Gasteiger partial charge on any atom is -0.423 e. The Morgan fingerprint density at radius 2 is 2.29 bits per heavy atom. The molecule has 0 bridgehead atoms. The Hall–Kier alpha value is -1.85. The van der Waals surface area contributed by atoms with Crippen LogP contribution in [-0.2, 0) is 0 Å². The number of aryl methyl sites for hydroxylation is 1. The molecule has 0 aliphatic rings. The monoisotopic (exact) mass is 193 g/mol. The first kappa shape index (κ1) is 8.74. The van der Waals surface area contributed by atoms with Gasteiger partial charge in [0.1, 0.15) is 6.04 Å². The van der Waals surface area contributed by atoms with Crippen LogP contribution in [0.2, 0.25) is 0 Å². The van der Waals surface area contributed by atoms with Crippen molar-refractivity contribution in [2.45, 2.75) is 19.9 Å². The maximum Gasteiger partial charge on any atom is 0.240 e. The Morgan fingerprint density at radius 3 is 2.79 bits per heavy atom. The van der Waals surface area contributed by atoms with Crippen LogP contribution in [-0.4, -0.2) is 20.0 Å². The lowest BCUT2D eigenvalue weighted by Crippen LogP contribution is -2.07. The molecule has 0 aliphatic carbocycles. The summed E-state index contributed by atoms with van der Waals surface area (Å²) in [5, 5.41) is 11.7. The van der Waals surface area contributed by atoms with Crippen molar-refractivity contribution in [2.75, 3.05) is 5.73 Å². The molecule has 6 heteroatoms. The second-order valence-electron chi connectivity index (χ2n) is 3.09. The zero-order chi connectivity index (χ0) is 10.1. The lowest BCUT2D eigenvalue weighted by atomic mass is 10.3. The SMILES string of the molecule is Cc1nnc([C@@H](C)n2cc(N)cn2)o1. The van der Waals surface area contributed by atoms with E-state index in [0.717, 1.165) is 0 Å². The number of anilines is 1. The van der Waals surface area contributed by atoms with E-state index in [1.807, 2.05) is 6.92 Å². The van der Waals surface area contributed by atoms with Crippen molar-refractivity contribution in [3.8, 4) is 0 Å². The molecule has 0 aliphatic heterocycles. The molecule has 0 spiro atoms. The average molecular weight is 193 g/mol. The Balaban J connectivity index is 2.28. The van der Waals surface area contributed by atoms with Gasteiger partial charge >= 0.3 is 0 Å². The summed E-state index contributed by atoms with van der Waals surface area (Å²) in [6.45, 7) is 3.67. The van der Waals surface area contributed by atoms with Gasteiger partial charge in [-0.1, -0.05) is 0 Å². The number of nitrogen functional groups attached to an aromatic ring is 1. The van der Waals surface area contributed by atoms with Crippen molar-refractivity contribution in [3.63, 3.8) is 0 Å². The molecule has 2 N–H and O–H groups in total. The van der Waals surface area contributed by atoms with Gasteiger partial charge in [0.05, 0.1) is 11.9 Å². The lowest BCUT2D eigenvalue weighted by Gasteiger charge is -2.05. The summed E-state index contributed by atoms with van der Waals surface area (Å²) >= 11 is 0. The summed E-state index contributed by atoms with van der Waals surface area (Å²) in [5.41, 5.74) is 6.17. The van der Waals surface area contributed by atoms with Crippen LogP contribution in [0.25, 0.3) is 0 Å². The van der Waals surface area contributed by atoms with E-state index in [0.29, 0.717) is 17.5 Å². The van der Waals surface area contributed by atoms with E-state index in [-0.39, 0.29) is 6.04 Å². The highest BCUT2D eigenvalue weighted by Crippen LogP contribution is 2.16. The lowest BCUT2D eigenvalue weighted by molar-refractivity contribution is 0.397. The molecule has 0 aromatic carbocycles. The van der Waals surface area contributed by atoms with Gasteiger partial charge in [-0.05, 0) is 6.92 Å². The molecule has 74 valence electrons. The predicted molar refractivity (Wildman–Crippen MR) is 49.5 cm³/mol. The number of aromatic nitrogens is 4. The molecule has 0 radical (unpaired) electrons. The van der Waals surface area contributed by atoms with E-state index in [9.17, 15) is 0 Å². The number of hydrogen-bond donors (Lipinski definition) is 1. The van der Waals surface area contributed by atoms with Gasteiger partial charge in [-0.2, -0.15) is 5.10 Å². The molecule has 1 atom stereocenters. The van der Waals surface area contributed by atoms with Gasteiger partial charge in [-0.15, -0.1) is 10.2 Å². The van der Waals surface area contributed by atoms with Crippen LogP contribution in [0.15, 0.2) is 16.8 Å². The van der Waals surface area contributed by atoms with Gasteiger partial charge in [-0.25, -0.2) is 0 Å². The summed E-state index contributed by atoms with van der Waals surface area (Å²) in [4.78, 5) is 0. The van der Waals surface area contributed by atoms with E-state index < -0.39 is 0 Å². The standard InChI is InChI=1S/C8H11N5O/c1-5(8-12-11-6(2)14-8)13-4-7(9)3-10-13/h3-5H,9H2,1-2H3/t5-/m1/s1. The van der Waals surface area contributed by atoms with Crippen LogP contribution >= 0.6 is 0 Å². The Bertz CT molecular complexity index is 392. The van der Waals surface area contributed by atoms with Crippen molar-refractivity contribution >= 4 is 5.69 Å². The summed E-state index contributed by atoms with van der Waals surface area (Å²) in [5.74, 6) is 1.08. The first-order valence-corrected chi connectivity index (χ1v) is 4.26. The van der Waals surface area contributed by atoms with E-state index in [4.69, 9.17) is 10.2 Å². The summed E-state index contributed by atoms with van der Waals surface area (Å²) in [7, 11) is 0. The molecule has 0 saturated heterocycles. The van der Waals surface area contributed by atoms with Crippen LogP contribution in [0.1, 0.15) is 24.7 Å². The molecular formula is C8H11N5O. The molecule has 14 heavy (non-hydrogen) atoms. The van der Waals surface area contributed by atoms with Crippen molar-refractivity contribution < 1.29 is 4.42 Å². The Kier molecular flexibility index (Phi) is 1.95. The zero-order valence-electron chi connectivity index (χ0n) is 8.01. The maximum absolute atomic E-state index is 5.55. The summed E-state index contributed by atoms with van der Waals surface area (Å²) in [6, 6.07) is -0.0894. The normalized spacial score (nSPS) is 13.0. The third-order valence-electron chi connectivity index (χ3n) is 1.92. The fraction of sp³-hybridized carbons (Fsp3) is 0.375. The minimum absolute atomic E-state index is 0.0894. The predicted octanol–water partition coefficient (Wildman–Crippen LogP) is 0.766. The summed E-state index contributed by atoms with van der Waals surface area (Å²) in [6.07, 6.45) is 3.31. The molecule has 2 aromatic heterocycles. The number of nitrogens with two attached hydrogens (primary N) is 1. The average Bonchev–Trinajstić information content (AvgIpc) is 2.73. The largest absolute Gasteiger partial charge is 0.423 e. The highest BCUT2D eigenvalue weighted by atomic mass is 16.4. The highest BCUT2D eigenvalue weighted by Gasteiger charge is 2.14. The fourth-order valence-electron chi connectivity index (χ4n) is 1.16. The zero-order valence-corrected chi connectivity index (χ0v) is 8.01. The van der Waals surface area contributed by atoms with Crippen LogP contribution < -0.4 is 5.73 Å². The van der Waals surface area contributed by atoms with E-state index in [1.54, 1.807) is 24.0 Å². The second-order valence-corrected chi connectivity index (χ2v) is 3.09. The van der Waals surface area contributed by atoms with Crippen LogP contribution in [0.5, 0.6) is 0 Å². The van der Waals surface area contributed by atoms with Crippen LogP contribution in [0.3, 0.4) is 0 Å². The van der Waals surface area contributed by atoms with Gasteiger partial charge in [-0.3, -0.25) is 4.68 Å². The van der Waals surface area contributed by atoms with Gasteiger partial charge in [0.15, 0.2) is 0 Å². The number of rotatable bonds is 2. The van der Waals surface area contributed by atoms with Gasteiger partial charge in [0.25, 0.3) is 0 Å². The van der Waals surface area contributed by atoms with Gasteiger partial charge in [0, 0.05) is 13.1 Å². The van der Waals surface area contributed by atoms with Crippen LogP contribution in [0.4, 0.5) is 5.69 Å². The Labute approximate surface area is 80.7 Å². The molecule has 0 amide bonds. The van der Waals surface area contributed by atoms with Crippen molar-refractivity contribution in [2.24, 2.45) is 0 Å². The van der Waals surface area contributed by atoms with Gasteiger partial charge < -0.3 is 10.2 Å². The molecule has 0 fully saturated rings. The Morgan fingerprint density at radius 1 is 1.50 bits per heavy atom. The number of nitrogens with zero attached hydrogens (tertiary/aromatic N) is 4. The van der Waals surface area contributed by atoms with Crippen LogP contribution in [0, 0.1) is 6.92 Å². The third kappa shape index (κ3) is 1.46. The maximum atomic E-state index is 5.55. The minimum atomic E-state index is -0.0894. The van der Waals surface area contributed by atoms with E-state index >= 15 is 0 Å². The molecule has 2 aromatic rings. The second kappa shape index (κ2) is 3.13. The molecule has 2 rings (SSSR count). The molecular weight excluding hydrogens is 182 g/mol. The summed E-state index contributed by atoms with van der Waals surface area (Å²) < 4.78 is 6.97. The fourth-order valence-corrected chi connectivity index (χ4v) is 1.16. The molecule has 6 nitrogen and oxygen atoms in total. The first-order chi connectivity index (χ1) is 6.66. The first-order valence-electron chi connectivity index (χ1n) is 4.26. The highest BCUT2D eigenvalue weighted by molar-refractivity contribution is 5.30. The molecule has 0 unspecified atom stereocenters. The van der Waals surface area contributed by atoms with E-state index in [2.05, 4.69) is 15.3 Å². The van der Waals surface area contributed by atoms with E-state index in [1.165, 1.54) is 0 Å². The molecule has 0 saturated carbocycles. The van der Waals surface area contributed by atoms with Crippen molar-refractivity contribution in [3.05, 3.63) is 24.2 Å². The van der Waals surface area contributed by atoms with Gasteiger partial charge in [0.2, 0.25) is 11.8 Å². The smallest absolute Gasteiger partial charge is 0.240 e.